The van der Waals surface area contributed by atoms with Crippen LogP contribution >= 0.6 is 0 Å². The molecule has 2 heterocycles. The molecule has 0 saturated heterocycles. The topological polar surface area (TPSA) is 47.3 Å². The first-order valence-corrected chi connectivity index (χ1v) is 5.09. The van der Waals surface area contributed by atoms with Crippen molar-refractivity contribution in [3.63, 3.8) is 0 Å². The number of aromatic nitrogens is 1. The summed E-state index contributed by atoms with van der Waals surface area (Å²) in [7, 11) is 1.62. The number of hydrogen-bond acceptors (Lipinski definition) is 4. The minimum Gasteiger partial charge on any atom is -0.495 e. The van der Waals surface area contributed by atoms with Crippen LogP contribution in [0.4, 0.5) is 5.82 Å². The zero-order valence-electron chi connectivity index (χ0n) is 9.31. The molecule has 1 unspecified atom stereocenters. The molecule has 4 nitrogen and oxygen atoms in total. The predicted molar refractivity (Wildman–Crippen MR) is 61.5 cm³/mol. The molecule has 0 aliphatic heterocycles. The molecular formula is C12H14N2O2. The maximum atomic E-state index is 5.30. The summed E-state index contributed by atoms with van der Waals surface area (Å²) in [4.78, 5) is 4.22. The molecule has 1 atom stereocenters. The summed E-state index contributed by atoms with van der Waals surface area (Å²) >= 11 is 0. The summed E-state index contributed by atoms with van der Waals surface area (Å²) in [5, 5.41) is 3.24. The van der Waals surface area contributed by atoms with Gasteiger partial charge in [-0.15, -0.1) is 0 Å². The maximum absolute atomic E-state index is 5.30. The van der Waals surface area contributed by atoms with E-state index < -0.39 is 0 Å². The third-order valence-corrected chi connectivity index (χ3v) is 2.31. The normalized spacial score (nSPS) is 12.1. The van der Waals surface area contributed by atoms with Crippen molar-refractivity contribution in [2.75, 3.05) is 12.4 Å². The van der Waals surface area contributed by atoms with Gasteiger partial charge in [-0.3, -0.25) is 0 Å². The Morgan fingerprint density at radius 1 is 1.38 bits per heavy atom. The monoisotopic (exact) mass is 218 g/mol. The second kappa shape index (κ2) is 4.70. The molecule has 2 aromatic rings. The van der Waals surface area contributed by atoms with Gasteiger partial charge in [0.15, 0.2) is 0 Å². The summed E-state index contributed by atoms with van der Waals surface area (Å²) in [6.45, 7) is 2.02. The van der Waals surface area contributed by atoms with E-state index in [1.54, 1.807) is 19.6 Å². The van der Waals surface area contributed by atoms with E-state index in [4.69, 9.17) is 9.15 Å². The van der Waals surface area contributed by atoms with Crippen LogP contribution in [0.25, 0.3) is 0 Å². The van der Waals surface area contributed by atoms with Crippen molar-refractivity contribution in [1.82, 2.24) is 4.98 Å². The molecule has 0 saturated carbocycles. The number of nitrogens with zero attached hydrogens (tertiary/aromatic N) is 1. The van der Waals surface area contributed by atoms with E-state index >= 15 is 0 Å². The Balaban J connectivity index is 2.03. The van der Waals surface area contributed by atoms with Gasteiger partial charge in [-0.25, -0.2) is 4.98 Å². The van der Waals surface area contributed by atoms with Gasteiger partial charge in [0.2, 0.25) is 0 Å². The average molecular weight is 218 g/mol. The molecule has 84 valence electrons. The minimum absolute atomic E-state index is 0.0934. The Kier molecular flexibility index (Phi) is 3.10. The zero-order valence-corrected chi connectivity index (χ0v) is 9.31. The lowest BCUT2D eigenvalue weighted by Crippen LogP contribution is -2.06. The molecule has 0 amide bonds. The van der Waals surface area contributed by atoms with Crippen molar-refractivity contribution in [3.05, 3.63) is 42.5 Å². The molecule has 0 aliphatic rings. The van der Waals surface area contributed by atoms with Gasteiger partial charge in [0.1, 0.15) is 17.3 Å². The van der Waals surface area contributed by atoms with Crippen LogP contribution in [0.2, 0.25) is 0 Å². The smallest absolute Gasteiger partial charge is 0.137 e. The Morgan fingerprint density at radius 2 is 2.25 bits per heavy atom. The van der Waals surface area contributed by atoms with E-state index in [1.165, 1.54) is 0 Å². The average Bonchev–Trinajstić information content (AvgIpc) is 2.83. The van der Waals surface area contributed by atoms with Crippen LogP contribution < -0.4 is 10.1 Å². The molecular weight excluding hydrogens is 204 g/mol. The molecule has 0 aromatic carbocycles. The first kappa shape index (κ1) is 10.5. The van der Waals surface area contributed by atoms with Crippen molar-refractivity contribution in [2.45, 2.75) is 13.0 Å². The lowest BCUT2D eigenvalue weighted by atomic mass is 10.2. The quantitative estimate of drug-likeness (QED) is 0.857. The minimum atomic E-state index is 0.0934. The predicted octanol–water partition coefficient (Wildman–Crippen LogP) is 2.86. The van der Waals surface area contributed by atoms with Gasteiger partial charge in [-0.2, -0.15) is 0 Å². The van der Waals surface area contributed by atoms with Gasteiger partial charge in [0.25, 0.3) is 0 Å². The van der Waals surface area contributed by atoms with Crippen LogP contribution in [0.3, 0.4) is 0 Å². The van der Waals surface area contributed by atoms with Crippen molar-refractivity contribution < 1.29 is 9.15 Å². The van der Waals surface area contributed by atoms with Gasteiger partial charge in [-0.1, -0.05) is 0 Å². The lowest BCUT2D eigenvalue weighted by Gasteiger charge is -2.11. The molecule has 1 N–H and O–H groups in total. The largest absolute Gasteiger partial charge is 0.495 e. The first-order chi connectivity index (χ1) is 7.79. The van der Waals surface area contributed by atoms with E-state index in [2.05, 4.69) is 10.3 Å². The Morgan fingerprint density at radius 3 is 2.81 bits per heavy atom. The number of ether oxygens (including phenoxy) is 1. The van der Waals surface area contributed by atoms with Crippen molar-refractivity contribution in [1.29, 1.82) is 0 Å². The summed E-state index contributed by atoms with van der Waals surface area (Å²) in [5.74, 6) is 2.43. The number of furan rings is 1. The maximum Gasteiger partial charge on any atom is 0.137 e. The number of nitrogens with one attached hydrogen (secondary N) is 1. The molecule has 2 rings (SSSR count). The zero-order chi connectivity index (χ0) is 11.4. The molecule has 16 heavy (non-hydrogen) atoms. The van der Waals surface area contributed by atoms with Gasteiger partial charge >= 0.3 is 0 Å². The van der Waals surface area contributed by atoms with Crippen molar-refractivity contribution in [3.8, 4) is 5.75 Å². The third kappa shape index (κ3) is 2.34. The molecule has 0 fully saturated rings. The fourth-order valence-electron chi connectivity index (χ4n) is 1.42. The number of methoxy groups -OCH3 is 1. The Bertz CT molecular complexity index is 423. The number of hydrogen-bond donors (Lipinski definition) is 1. The molecule has 0 radical (unpaired) electrons. The molecule has 2 aromatic heterocycles. The summed E-state index contributed by atoms with van der Waals surface area (Å²) in [6, 6.07) is 7.63. The molecule has 0 bridgehead atoms. The molecule has 0 aliphatic carbocycles. The summed E-state index contributed by atoms with van der Waals surface area (Å²) in [6.07, 6.45) is 3.34. The van der Waals surface area contributed by atoms with Crippen LogP contribution in [0, 0.1) is 0 Å². The fraction of sp³-hybridized carbons (Fsp3) is 0.250. The standard InChI is InChI=1S/C12H14N2O2/c1-9(11-4-3-7-16-11)14-12-6-5-10(15-2)8-13-12/h3-9H,1-2H3,(H,13,14). The highest BCUT2D eigenvalue weighted by molar-refractivity contribution is 5.39. The van der Waals surface area contributed by atoms with Crippen LogP contribution in [0.1, 0.15) is 18.7 Å². The number of pyridine rings is 1. The van der Waals surface area contributed by atoms with Crippen molar-refractivity contribution >= 4 is 5.82 Å². The van der Waals surface area contributed by atoms with E-state index in [9.17, 15) is 0 Å². The van der Waals surface area contributed by atoms with E-state index in [0.717, 1.165) is 17.3 Å². The second-order valence-corrected chi connectivity index (χ2v) is 3.46. The fourth-order valence-corrected chi connectivity index (χ4v) is 1.42. The van der Waals surface area contributed by atoms with Crippen LogP contribution in [0.5, 0.6) is 5.75 Å². The van der Waals surface area contributed by atoms with Crippen LogP contribution in [-0.2, 0) is 0 Å². The Labute approximate surface area is 94.3 Å². The first-order valence-electron chi connectivity index (χ1n) is 5.09. The van der Waals surface area contributed by atoms with Crippen LogP contribution in [0.15, 0.2) is 41.1 Å². The van der Waals surface area contributed by atoms with Gasteiger partial charge in [-0.05, 0) is 31.2 Å². The highest BCUT2D eigenvalue weighted by Gasteiger charge is 2.08. The van der Waals surface area contributed by atoms with E-state index in [1.807, 2.05) is 31.2 Å². The van der Waals surface area contributed by atoms with Gasteiger partial charge in [0.05, 0.1) is 25.6 Å². The number of anilines is 1. The van der Waals surface area contributed by atoms with E-state index in [0.29, 0.717) is 0 Å². The summed E-state index contributed by atoms with van der Waals surface area (Å²) < 4.78 is 10.3. The highest BCUT2D eigenvalue weighted by Crippen LogP contribution is 2.19. The highest BCUT2D eigenvalue weighted by atomic mass is 16.5. The second-order valence-electron chi connectivity index (χ2n) is 3.46. The summed E-state index contributed by atoms with van der Waals surface area (Å²) in [5.41, 5.74) is 0. The molecule has 0 spiro atoms. The number of rotatable bonds is 4. The third-order valence-electron chi connectivity index (χ3n) is 2.31. The Hall–Kier alpha value is -1.97. The lowest BCUT2D eigenvalue weighted by molar-refractivity contribution is 0.413. The van der Waals surface area contributed by atoms with Crippen molar-refractivity contribution in [2.24, 2.45) is 0 Å². The van der Waals surface area contributed by atoms with Gasteiger partial charge < -0.3 is 14.5 Å². The van der Waals surface area contributed by atoms with Gasteiger partial charge in [0, 0.05) is 0 Å². The van der Waals surface area contributed by atoms with E-state index in [-0.39, 0.29) is 6.04 Å². The van der Waals surface area contributed by atoms with Crippen LogP contribution in [-0.4, -0.2) is 12.1 Å². The molecule has 4 heteroatoms. The SMILES string of the molecule is COc1ccc(NC(C)c2ccco2)nc1.